The van der Waals surface area contributed by atoms with E-state index in [2.05, 4.69) is 27.6 Å². The van der Waals surface area contributed by atoms with Crippen molar-refractivity contribution in [2.45, 2.75) is 12.8 Å². The molecule has 0 aliphatic carbocycles. The molecule has 0 spiro atoms. The van der Waals surface area contributed by atoms with E-state index in [1.54, 1.807) is 0 Å². The Kier molecular flexibility index (Phi) is 5.60. The van der Waals surface area contributed by atoms with E-state index in [-0.39, 0.29) is 5.91 Å². The van der Waals surface area contributed by atoms with Crippen molar-refractivity contribution in [1.82, 2.24) is 5.43 Å². The maximum atomic E-state index is 13.2. The van der Waals surface area contributed by atoms with Crippen LogP contribution >= 0.6 is 0 Å². The third kappa shape index (κ3) is 3.97. The number of fused-ring (bicyclic) bond motifs is 2. The number of amides is 1. The van der Waals surface area contributed by atoms with E-state index in [1.165, 1.54) is 5.69 Å². The van der Waals surface area contributed by atoms with Crippen LogP contribution in [0.15, 0.2) is 77.9 Å². The molecule has 0 radical (unpaired) electrons. The summed E-state index contributed by atoms with van der Waals surface area (Å²) in [5.74, 6) is 0.741. The number of morpholine rings is 1. The fourth-order valence-electron chi connectivity index (χ4n) is 4.20. The van der Waals surface area contributed by atoms with Gasteiger partial charge in [-0.2, -0.15) is 5.10 Å². The molecule has 162 valence electrons. The first-order chi connectivity index (χ1) is 15.7. The summed E-state index contributed by atoms with van der Waals surface area (Å²) >= 11 is 0. The molecule has 3 aromatic carbocycles. The molecule has 32 heavy (non-hydrogen) atoms. The van der Waals surface area contributed by atoms with E-state index in [0.717, 1.165) is 48.7 Å². The number of carbonyl (C=O) groups is 1. The van der Waals surface area contributed by atoms with Gasteiger partial charge in [0.25, 0.3) is 5.91 Å². The Morgan fingerprint density at radius 3 is 2.12 bits per heavy atom. The largest absolute Gasteiger partial charge is 0.457 e. The zero-order chi connectivity index (χ0) is 21.9. The quantitative estimate of drug-likeness (QED) is 0.498. The fraction of sp³-hybridized carbons (Fsp3) is 0.231. The number of benzene rings is 3. The number of ether oxygens (including phenoxy) is 2. The molecule has 1 saturated heterocycles. The standard InChI is InChI=1S/C26H25N3O3/c1-18(19-10-12-20(13-11-19)29-14-16-31-17-15-29)27-28-26(30)25-21-6-2-4-8-23(21)32-24-9-5-3-7-22(24)25/h2-13,25H,14-17H2,1H3,(H,28,30)/b27-18-. The van der Waals surface area contributed by atoms with Gasteiger partial charge in [-0.15, -0.1) is 0 Å². The highest BCUT2D eigenvalue weighted by molar-refractivity contribution is 6.00. The van der Waals surface area contributed by atoms with Crippen LogP contribution in [-0.2, 0) is 9.53 Å². The van der Waals surface area contributed by atoms with Gasteiger partial charge in [0.15, 0.2) is 0 Å². The molecule has 3 aromatic rings. The third-order valence-corrected chi connectivity index (χ3v) is 5.94. The lowest BCUT2D eigenvalue weighted by Crippen LogP contribution is -2.36. The van der Waals surface area contributed by atoms with E-state index in [9.17, 15) is 4.79 Å². The molecule has 2 aliphatic rings. The monoisotopic (exact) mass is 427 g/mol. The highest BCUT2D eigenvalue weighted by Gasteiger charge is 2.32. The van der Waals surface area contributed by atoms with Crippen molar-refractivity contribution in [3.05, 3.63) is 89.5 Å². The zero-order valence-corrected chi connectivity index (χ0v) is 18.0. The summed E-state index contributed by atoms with van der Waals surface area (Å²) in [6, 6.07) is 23.5. The smallest absolute Gasteiger partial charge is 0.252 e. The Labute approximate surface area is 187 Å². The predicted molar refractivity (Wildman–Crippen MR) is 125 cm³/mol. The zero-order valence-electron chi connectivity index (χ0n) is 18.0. The minimum atomic E-state index is -0.476. The minimum absolute atomic E-state index is 0.183. The van der Waals surface area contributed by atoms with Crippen molar-refractivity contribution >= 4 is 17.3 Å². The molecule has 0 unspecified atom stereocenters. The summed E-state index contributed by atoms with van der Waals surface area (Å²) in [5, 5.41) is 4.40. The molecule has 1 fully saturated rings. The summed E-state index contributed by atoms with van der Waals surface area (Å²) in [7, 11) is 0. The molecule has 2 heterocycles. The summed E-state index contributed by atoms with van der Waals surface area (Å²) in [4.78, 5) is 15.5. The van der Waals surface area contributed by atoms with Gasteiger partial charge in [0.1, 0.15) is 11.5 Å². The molecule has 0 bridgehead atoms. The first-order valence-corrected chi connectivity index (χ1v) is 10.8. The van der Waals surface area contributed by atoms with Gasteiger partial charge >= 0.3 is 0 Å². The Morgan fingerprint density at radius 1 is 0.906 bits per heavy atom. The number of anilines is 1. The maximum absolute atomic E-state index is 13.2. The van der Waals surface area contributed by atoms with Crippen LogP contribution in [-0.4, -0.2) is 37.9 Å². The molecule has 1 amide bonds. The second-order valence-corrected chi connectivity index (χ2v) is 7.93. The third-order valence-electron chi connectivity index (χ3n) is 5.94. The van der Waals surface area contributed by atoms with E-state index < -0.39 is 5.92 Å². The molecular weight excluding hydrogens is 402 g/mol. The lowest BCUT2D eigenvalue weighted by Gasteiger charge is -2.28. The van der Waals surface area contributed by atoms with Gasteiger partial charge in [-0.25, -0.2) is 5.43 Å². The Hall–Kier alpha value is -3.64. The number of hydrogen-bond donors (Lipinski definition) is 1. The van der Waals surface area contributed by atoms with Gasteiger partial charge in [0.05, 0.1) is 24.8 Å². The summed E-state index contributed by atoms with van der Waals surface area (Å²) in [5.41, 5.74) is 7.34. The fourth-order valence-corrected chi connectivity index (χ4v) is 4.20. The lowest BCUT2D eigenvalue weighted by atomic mass is 9.87. The minimum Gasteiger partial charge on any atom is -0.457 e. The van der Waals surface area contributed by atoms with Crippen LogP contribution in [0.4, 0.5) is 5.69 Å². The maximum Gasteiger partial charge on any atom is 0.252 e. The topological polar surface area (TPSA) is 63.2 Å². The van der Waals surface area contributed by atoms with Crippen molar-refractivity contribution in [2.24, 2.45) is 5.10 Å². The van der Waals surface area contributed by atoms with E-state index >= 15 is 0 Å². The van der Waals surface area contributed by atoms with Crippen LogP contribution in [0.25, 0.3) is 0 Å². The molecule has 6 heteroatoms. The first kappa shape index (κ1) is 20.3. The van der Waals surface area contributed by atoms with Crippen LogP contribution in [0.1, 0.15) is 29.5 Å². The van der Waals surface area contributed by atoms with Gasteiger partial charge in [0, 0.05) is 29.9 Å². The van der Waals surface area contributed by atoms with E-state index in [4.69, 9.17) is 9.47 Å². The van der Waals surface area contributed by atoms with Crippen molar-refractivity contribution in [3.63, 3.8) is 0 Å². The number of hydrazone groups is 1. The van der Waals surface area contributed by atoms with E-state index in [0.29, 0.717) is 11.5 Å². The Morgan fingerprint density at radius 2 is 1.50 bits per heavy atom. The van der Waals surface area contributed by atoms with Gasteiger partial charge in [-0.3, -0.25) is 4.79 Å². The number of carbonyl (C=O) groups excluding carboxylic acids is 1. The van der Waals surface area contributed by atoms with Crippen molar-refractivity contribution in [1.29, 1.82) is 0 Å². The lowest BCUT2D eigenvalue weighted by molar-refractivity contribution is -0.121. The summed E-state index contributed by atoms with van der Waals surface area (Å²) in [6.07, 6.45) is 0. The van der Waals surface area contributed by atoms with Crippen molar-refractivity contribution < 1.29 is 14.3 Å². The summed E-state index contributed by atoms with van der Waals surface area (Å²) in [6.45, 7) is 5.21. The number of para-hydroxylation sites is 2. The molecule has 0 saturated carbocycles. The predicted octanol–water partition coefficient (Wildman–Crippen LogP) is 4.30. The van der Waals surface area contributed by atoms with E-state index in [1.807, 2.05) is 67.6 Å². The first-order valence-electron chi connectivity index (χ1n) is 10.8. The van der Waals surface area contributed by atoms with Gasteiger partial charge in [-0.05, 0) is 36.8 Å². The molecule has 0 aromatic heterocycles. The van der Waals surface area contributed by atoms with Crippen LogP contribution in [0, 0.1) is 0 Å². The Bertz CT molecular complexity index is 1110. The average Bonchev–Trinajstić information content (AvgIpc) is 2.86. The number of nitrogens with one attached hydrogen (secondary N) is 1. The number of rotatable bonds is 4. The second-order valence-electron chi connectivity index (χ2n) is 7.93. The van der Waals surface area contributed by atoms with Crippen molar-refractivity contribution in [2.75, 3.05) is 31.2 Å². The molecule has 5 rings (SSSR count). The SMILES string of the molecule is C/C(=N/NC(=O)C1c2ccccc2Oc2ccccc21)c1ccc(N2CCOCC2)cc1. The molecular formula is C26H25N3O3. The number of nitrogens with zero attached hydrogens (tertiary/aromatic N) is 2. The highest BCUT2D eigenvalue weighted by atomic mass is 16.5. The summed E-state index contributed by atoms with van der Waals surface area (Å²) < 4.78 is 11.4. The van der Waals surface area contributed by atoms with Gasteiger partial charge in [-0.1, -0.05) is 48.5 Å². The molecule has 1 N–H and O–H groups in total. The normalized spacial score (nSPS) is 16.0. The van der Waals surface area contributed by atoms with Crippen LogP contribution in [0.5, 0.6) is 11.5 Å². The second kappa shape index (κ2) is 8.85. The van der Waals surface area contributed by atoms with Crippen LogP contribution in [0.2, 0.25) is 0 Å². The van der Waals surface area contributed by atoms with Crippen LogP contribution in [0.3, 0.4) is 0 Å². The van der Waals surface area contributed by atoms with Gasteiger partial charge in [0.2, 0.25) is 0 Å². The number of hydrogen-bond acceptors (Lipinski definition) is 5. The molecule has 2 aliphatic heterocycles. The Balaban J connectivity index is 1.34. The van der Waals surface area contributed by atoms with Gasteiger partial charge < -0.3 is 14.4 Å². The van der Waals surface area contributed by atoms with Crippen molar-refractivity contribution in [3.8, 4) is 11.5 Å². The average molecular weight is 428 g/mol. The van der Waals surface area contributed by atoms with Crippen LogP contribution < -0.4 is 15.1 Å². The molecule has 0 atom stereocenters. The highest BCUT2D eigenvalue weighted by Crippen LogP contribution is 2.43. The molecule has 6 nitrogen and oxygen atoms in total.